The molecule has 0 saturated carbocycles. The van der Waals surface area contributed by atoms with Gasteiger partial charge in [-0.05, 0) is 49.4 Å². The third-order valence-electron chi connectivity index (χ3n) is 3.68. The normalized spacial score (nSPS) is 10.6. The third-order valence-corrected chi connectivity index (χ3v) is 3.91. The summed E-state index contributed by atoms with van der Waals surface area (Å²) in [6.45, 7) is 1.75. The Morgan fingerprint density at radius 1 is 1.12 bits per heavy atom. The number of aryl methyl sites for hydroxylation is 1. The Hall–Kier alpha value is -2.86. The fourth-order valence-corrected chi connectivity index (χ4v) is 2.52. The van der Waals surface area contributed by atoms with Crippen LogP contribution in [0.3, 0.4) is 0 Å². The molecule has 1 N–H and O–H groups in total. The van der Waals surface area contributed by atoms with Crippen molar-refractivity contribution < 1.29 is 4.79 Å². The van der Waals surface area contributed by atoms with Crippen molar-refractivity contribution >= 4 is 28.9 Å². The van der Waals surface area contributed by atoms with Crippen molar-refractivity contribution in [3.8, 4) is 5.69 Å². The second kappa shape index (κ2) is 6.94. The number of anilines is 2. The summed E-state index contributed by atoms with van der Waals surface area (Å²) in [4.78, 5) is 15.9. The topological polar surface area (TPSA) is 63.1 Å². The van der Waals surface area contributed by atoms with Gasteiger partial charge in [-0.15, -0.1) is 5.10 Å². The molecule has 1 amide bonds. The Kier molecular flexibility index (Phi) is 4.72. The predicted octanol–water partition coefficient (Wildman–Crippen LogP) is 3.55. The zero-order valence-electron chi connectivity index (χ0n) is 14.2. The van der Waals surface area contributed by atoms with Crippen LogP contribution in [0.15, 0.2) is 48.5 Å². The van der Waals surface area contributed by atoms with Gasteiger partial charge in [-0.25, -0.2) is 0 Å². The Balaban J connectivity index is 1.80. The van der Waals surface area contributed by atoms with Crippen LogP contribution >= 0.6 is 11.6 Å². The number of nitrogens with one attached hydrogen (secondary N) is 1. The lowest BCUT2D eigenvalue weighted by Gasteiger charge is -2.12. The van der Waals surface area contributed by atoms with E-state index < -0.39 is 0 Å². The predicted molar refractivity (Wildman–Crippen MR) is 99.8 cm³/mol. The van der Waals surface area contributed by atoms with Crippen LogP contribution in [0, 0.1) is 6.92 Å². The van der Waals surface area contributed by atoms with Crippen LogP contribution in [0.2, 0.25) is 5.02 Å². The SMILES string of the molecule is Cc1nn(-c2cccc(Cl)c2)nc1C(=O)Nc1ccc(N(C)C)cc1. The molecule has 128 valence electrons. The smallest absolute Gasteiger partial charge is 0.278 e. The number of hydrogen-bond donors (Lipinski definition) is 1. The van der Waals surface area contributed by atoms with Crippen LogP contribution < -0.4 is 10.2 Å². The molecular formula is C18H18ClN5O. The van der Waals surface area contributed by atoms with E-state index in [0.717, 1.165) is 5.69 Å². The first-order valence-corrected chi connectivity index (χ1v) is 8.10. The maximum atomic E-state index is 12.5. The number of carbonyl (C=O) groups is 1. The zero-order valence-corrected chi connectivity index (χ0v) is 14.9. The van der Waals surface area contributed by atoms with E-state index in [9.17, 15) is 4.79 Å². The Morgan fingerprint density at radius 3 is 2.48 bits per heavy atom. The van der Waals surface area contributed by atoms with Crippen molar-refractivity contribution in [1.29, 1.82) is 0 Å². The number of carbonyl (C=O) groups excluding carboxylic acids is 1. The zero-order chi connectivity index (χ0) is 18.0. The second-order valence-corrected chi connectivity index (χ2v) is 6.24. The number of aromatic nitrogens is 3. The summed E-state index contributed by atoms with van der Waals surface area (Å²) in [6, 6.07) is 14.7. The molecule has 25 heavy (non-hydrogen) atoms. The van der Waals surface area contributed by atoms with E-state index in [1.165, 1.54) is 4.80 Å². The van der Waals surface area contributed by atoms with Crippen LogP contribution in [-0.2, 0) is 0 Å². The van der Waals surface area contributed by atoms with Gasteiger partial charge in [0.05, 0.1) is 11.4 Å². The Labute approximate surface area is 151 Å². The van der Waals surface area contributed by atoms with E-state index in [1.807, 2.05) is 55.4 Å². The number of rotatable bonds is 4. The van der Waals surface area contributed by atoms with Crippen LogP contribution in [0.4, 0.5) is 11.4 Å². The van der Waals surface area contributed by atoms with Crippen molar-refractivity contribution in [1.82, 2.24) is 15.0 Å². The summed E-state index contributed by atoms with van der Waals surface area (Å²) in [6.07, 6.45) is 0. The Bertz CT molecular complexity index is 902. The summed E-state index contributed by atoms with van der Waals surface area (Å²) in [7, 11) is 3.93. The Morgan fingerprint density at radius 2 is 1.84 bits per heavy atom. The van der Waals surface area contributed by atoms with Gasteiger partial charge in [-0.3, -0.25) is 4.79 Å². The first-order valence-electron chi connectivity index (χ1n) is 7.72. The minimum Gasteiger partial charge on any atom is -0.378 e. The summed E-state index contributed by atoms with van der Waals surface area (Å²) in [5.41, 5.74) is 3.28. The molecule has 0 radical (unpaired) electrons. The van der Waals surface area contributed by atoms with Gasteiger partial charge in [-0.2, -0.15) is 9.90 Å². The average Bonchev–Trinajstić information content (AvgIpc) is 2.97. The van der Waals surface area contributed by atoms with Crippen molar-refractivity contribution in [2.75, 3.05) is 24.3 Å². The van der Waals surface area contributed by atoms with Gasteiger partial charge >= 0.3 is 0 Å². The molecule has 7 heteroatoms. The highest BCUT2D eigenvalue weighted by Gasteiger charge is 2.16. The highest BCUT2D eigenvalue weighted by molar-refractivity contribution is 6.30. The van der Waals surface area contributed by atoms with Crippen LogP contribution in [0.5, 0.6) is 0 Å². The maximum absolute atomic E-state index is 12.5. The largest absolute Gasteiger partial charge is 0.378 e. The monoisotopic (exact) mass is 355 g/mol. The van der Waals surface area contributed by atoms with Gasteiger partial charge in [0.25, 0.3) is 5.91 Å². The van der Waals surface area contributed by atoms with Gasteiger partial charge in [0.1, 0.15) is 0 Å². The third kappa shape index (κ3) is 3.80. The fourth-order valence-electron chi connectivity index (χ4n) is 2.34. The summed E-state index contributed by atoms with van der Waals surface area (Å²) in [5.74, 6) is -0.302. The maximum Gasteiger partial charge on any atom is 0.278 e. The number of hydrogen-bond acceptors (Lipinski definition) is 4. The lowest BCUT2D eigenvalue weighted by molar-refractivity contribution is 0.102. The molecule has 0 aliphatic rings. The number of benzene rings is 2. The second-order valence-electron chi connectivity index (χ2n) is 5.80. The molecule has 3 rings (SSSR count). The van der Waals surface area contributed by atoms with Gasteiger partial charge < -0.3 is 10.2 Å². The first-order chi connectivity index (χ1) is 11.9. The summed E-state index contributed by atoms with van der Waals surface area (Å²) < 4.78 is 0. The van der Waals surface area contributed by atoms with E-state index in [-0.39, 0.29) is 11.6 Å². The molecule has 0 aliphatic carbocycles. The van der Waals surface area contributed by atoms with Crippen LogP contribution in [-0.4, -0.2) is 35.0 Å². The highest BCUT2D eigenvalue weighted by Crippen LogP contribution is 2.18. The molecule has 0 fully saturated rings. The number of nitrogens with zero attached hydrogens (tertiary/aromatic N) is 4. The van der Waals surface area contributed by atoms with Crippen LogP contribution in [0.25, 0.3) is 5.69 Å². The van der Waals surface area contributed by atoms with Gasteiger partial charge in [0, 0.05) is 30.5 Å². The molecule has 6 nitrogen and oxygen atoms in total. The van der Waals surface area contributed by atoms with Crippen molar-refractivity contribution in [2.45, 2.75) is 6.92 Å². The minimum absolute atomic E-state index is 0.275. The van der Waals surface area contributed by atoms with E-state index in [4.69, 9.17) is 11.6 Å². The molecule has 0 atom stereocenters. The van der Waals surface area contributed by atoms with E-state index in [1.54, 1.807) is 19.1 Å². The first kappa shape index (κ1) is 17.0. The molecule has 0 spiro atoms. The fraction of sp³-hybridized carbons (Fsp3) is 0.167. The van der Waals surface area contributed by atoms with E-state index >= 15 is 0 Å². The van der Waals surface area contributed by atoms with Gasteiger partial charge in [0.2, 0.25) is 0 Å². The van der Waals surface area contributed by atoms with E-state index in [2.05, 4.69) is 15.5 Å². The van der Waals surface area contributed by atoms with Gasteiger partial charge in [0.15, 0.2) is 5.69 Å². The van der Waals surface area contributed by atoms with Crippen molar-refractivity contribution in [3.05, 3.63) is 64.9 Å². The molecule has 1 heterocycles. The lowest BCUT2D eigenvalue weighted by Crippen LogP contribution is -2.14. The molecule has 0 aliphatic heterocycles. The summed E-state index contributed by atoms with van der Waals surface area (Å²) in [5, 5.41) is 12.0. The lowest BCUT2D eigenvalue weighted by atomic mass is 10.2. The molecule has 1 aromatic heterocycles. The molecule has 0 bridgehead atoms. The van der Waals surface area contributed by atoms with E-state index in [0.29, 0.717) is 22.1 Å². The highest BCUT2D eigenvalue weighted by atomic mass is 35.5. The average molecular weight is 356 g/mol. The molecular weight excluding hydrogens is 338 g/mol. The molecule has 3 aromatic rings. The quantitative estimate of drug-likeness (QED) is 0.777. The standard InChI is InChI=1S/C18H18ClN5O/c1-12-17(22-24(21-12)16-6-4-5-13(19)11-16)18(25)20-14-7-9-15(10-8-14)23(2)3/h4-11H,1-3H3,(H,20,25). The molecule has 0 saturated heterocycles. The molecule has 0 unspecified atom stereocenters. The van der Waals surface area contributed by atoms with Crippen LogP contribution in [0.1, 0.15) is 16.2 Å². The summed E-state index contributed by atoms with van der Waals surface area (Å²) >= 11 is 5.99. The number of amides is 1. The molecule has 2 aromatic carbocycles. The minimum atomic E-state index is -0.302. The van der Waals surface area contributed by atoms with Crippen molar-refractivity contribution in [3.63, 3.8) is 0 Å². The number of halogens is 1. The van der Waals surface area contributed by atoms with Gasteiger partial charge in [-0.1, -0.05) is 17.7 Å². The van der Waals surface area contributed by atoms with Crippen molar-refractivity contribution in [2.24, 2.45) is 0 Å².